The first-order valence-corrected chi connectivity index (χ1v) is 7.55. The Morgan fingerprint density at radius 1 is 1.30 bits per heavy atom. The Hall–Kier alpha value is -1.59. The van der Waals surface area contributed by atoms with E-state index in [0.717, 1.165) is 37.9 Å². The van der Waals surface area contributed by atoms with Crippen molar-refractivity contribution in [3.05, 3.63) is 0 Å². The third-order valence-corrected chi connectivity index (χ3v) is 3.70. The van der Waals surface area contributed by atoms with Crippen molar-refractivity contribution >= 4 is 11.9 Å². The van der Waals surface area contributed by atoms with Crippen LogP contribution in [0.25, 0.3) is 0 Å². The van der Waals surface area contributed by atoms with E-state index in [1.165, 1.54) is 19.3 Å². The van der Waals surface area contributed by atoms with Crippen molar-refractivity contribution in [3.8, 4) is 6.01 Å². The maximum Gasteiger partial charge on any atom is 0.322 e. The molecule has 0 spiro atoms. The molecule has 0 saturated carbocycles. The van der Waals surface area contributed by atoms with E-state index < -0.39 is 0 Å². The zero-order valence-electron chi connectivity index (χ0n) is 12.7. The van der Waals surface area contributed by atoms with Crippen molar-refractivity contribution in [2.75, 3.05) is 37.0 Å². The van der Waals surface area contributed by atoms with Crippen LogP contribution in [0.3, 0.4) is 0 Å². The maximum absolute atomic E-state index is 5.19. The highest BCUT2D eigenvalue weighted by molar-refractivity contribution is 5.38. The smallest absolute Gasteiger partial charge is 0.322 e. The van der Waals surface area contributed by atoms with Crippen LogP contribution >= 0.6 is 0 Å². The summed E-state index contributed by atoms with van der Waals surface area (Å²) in [5.74, 6) is 2.07. The second kappa shape index (κ2) is 7.26. The summed E-state index contributed by atoms with van der Waals surface area (Å²) < 4.78 is 5.19. The molecule has 1 saturated heterocycles. The lowest BCUT2D eigenvalue weighted by molar-refractivity contribution is 0.373. The molecule has 0 aromatic carbocycles. The Balaban J connectivity index is 2.16. The van der Waals surface area contributed by atoms with Gasteiger partial charge >= 0.3 is 6.01 Å². The molecule has 1 atom stereocenters. The summed E-state index contributed by atoms with van der Waals surface area (Å²) in [4.78, 5) is 15.4. The van der Waals surface area contributed by atoms with Crippen molar-refractivity contribution < 1.29 is 4.74 Å². The number of hydrogen-bond acceptors (Lipinski definition) is 6. The van der Waals surface area contributed by atoms with Gasteiger partial charge in [0, 0.05) is 19.6 Å². The number of hydrogen-bond donors (Lipinski definition) is 1. The summed E-state index contributed by atoms with van der Waals surface area (Å²) in [7, 11) is 1.59. The third kappa shape index (κ3) is 3.71. The summed E-state index contributed by atoms with van der Waals surface area (Å²) in [6, 6.07) is 0.382. The number of methoxy groups -OCH3 is 1. The number of ether oxygens (including phenoxy) is 1. The highest BCUT2D eigenvalue weighted by Crippen LogP contribution is 2.24. The van der Waals surface area contributed by atoms with Gasteiger partial charge in [0.05, 0.1) is 7.11 Å². The molecule has 0 bridgehead atoms. The quantitative estimate of drug-likeness (QED) is 0.862. The second-order valence-electron chi connectivity index (χ2n) is 5.24. The Morgan fingerprint density at radius 2 is 2.15 bits per heavy atom. The van der Waals surface area contributed by atoms with Gasteiger partial charge in [-0.15, -0.1) is 0 Å². The molecule has 1 unspecified atom stereocenters. The van der Waals surface area contributed by atoms with Crippen LogP contribution in [0.5, 0.6) is 6.01 Å². The fourth-order valence-electron chi connectivity index (χ4n) is 2.47. The summed E-state index contributed by atoms with van der Waals surface area (Å²) in [5, 5.41) is 3.20. The Bertz CT molecular complexity index is 426. The van der Waals surface area contributed by atoms with Gasteiger partial charge in [-0.3, -0.25) is 0 Å². The van der Waals surface area contributed by atoms with Gasteiger partial charge < -0.3 is 15.0 Å². The van der Waals surface area contributed by atoms with Gasteiger partial charge in [-0.25, -0.2) is 0 Å². The lowest BCUT2D eigenvalue weighted by atomic mass is 9.96. The number of piperidine rings is 1. The topological polar surface area (TPSA) is 63.2 Å². The van der Waals surface area contributed by atoms with E-state index in [9.17, 15) is 0 Å². The normalized spacial score (nSPS) is 18.9. The highest BCUT2D eigenvalue weighted by Gasteiger charge is 2.21. The fraction of sp³-hybridized carbons (Fsp3) is 0.786. The highest BCUT2D eigenvalue weighted by atomic mass is 16.5. The Labute approximate surface area is 121 Å². The standard InChI is InChI=1S/C14H25N5O/c1-4-8-15-12-16-13(18-14(17-12)20-3)19-9-6-7-11(5-2)10-19/h11H,4-10H2,1-3H3,(H,15,16,17,18). The van der Waals surface area contributed by atoms with E-state index >= 15 is 0 Å². The van der Waals surface area contributed by atoms with Crippen LogP contribution in [0, 0.1) is 5.92 Å². The predicted molar refractivity (Wildman–Crippen MR) is 80.4 cm³/mol. The number of nitrogens with one attached hydrogen (secondary N) is 1. The minimum Gasteiger partial charge on any atom is -0.467 e. The summed E-state index contributed by atoms with van der Waals surface area (Å²) in [6.45, 7) is 7.25. The average molecular weight is 279 g/mol. The van der Waals surface area contributed by atoms with Crippen LogP contribution in [0.1, 0.15) is 39.5 Å². The molecule has 6 heteroatoms. The molecule has 2 heterocycles. The lowest BCUT2D eigenvalue weighted by Gasteiger charge is -2.32. The van der Waals surface area contributed by atoms with Crippen LogP contribution in [0.4, 0.5) is 11.9 Å². The molecule has 1 aromatic heterocycles. The molecular weight excluding hydrogens is 254 g/mol. The maximum atomic E-state index is 5.19. The Kier molecular flexibility index (Phi) is 5.38. The fourth-order valence-corrected chi connectivity index (χ4v) is 2.47. The van der Waals surface area contributed by atoms with Crippen molar-refractivity contribution in [3.63, 3.8) is 0 Å². The van der Waals surface area contributed by atoms with Gasteiger partial charge in [-0.05, 0) is 25.2 Å². The summed E-state index contributed by atoms with van der Waals surface area (Å²) in [5.41, 5.74) is 0. The first kappa shape index (κ1) is 14.8. The number of rotatable bonds is 6. The third-order valence-electron chi connectivity index (χ3n) is 3.70. The molecule has 1 aliphatic heterocycles. The van der Waals surface area contributed by atoms with E-state index in [0.29, 0.717) is 12.0 Å². The predicted octanol–water partition coefficient (Wildman–Crippen LogP) is 2.33. The molecule has 1 aliphatic rings. The molecule has 6 nitrogen and oxygen atoms in total. The van der Waals surface area contributed by atoms with E-state index in [2.05, 4.69) is 39.0 Å². The van der Waals surface area contributed by atoms with Gasteiger partial charge in [0.15, 0.2) is 0 Å². The summed E-state index contributed by atoms with van der Waals surface area (Å²) in [6.07, 6.45) is 4.74. The molecule has 0 aliphatic carbocycles. The second-order valence-corrected chi connectivity index (χ2v) is 5.24. The molecule has 20 heavy (non-hydrogen) atoms. The molecular formula is C14H25N5O. The first-order chi connectivity index (χ1) is 9.76. The van der Waals surface area contributed by atoms with Crippen molar-refractivity contribution in [1.82, 2.24) is 15.0 Å². The number of anilines is 2. The average Bonchev–Trinajstić information content (AvgIpc) is 2.52. The minimum absolute atomic E-state index is 0.382. The van der Waals surface area contributed by atoms with Gasteiger partial charge in [-0.2, -0.15) is 15.0 Å². The van der Waals surface area contributed by atoms with Gasteiger partial charge in [0.25, 0.3) is 0 Å². The van der Waals surface area contributed by atoms with Crippen LogP contribution in [0.2, 0.25) is 0 Å². The number of nitrogens with zero attached hydrogens (tertiary/aromatic N) is 4. The summed E-state index contributed by atoms with van der Waals surface area (Å²) >= 11 is 0. The molecule has 0 radical (unpaired) electrons. The molecule has 1 aromatic rings. The van der Waals surface area contributed by atoms with Gasteiger partial charge in [0.2, 0.25) is 11.9 Å². The first-order valence-electron chi connectivity index (χ1n) is 7.55. The zero-order valence-corrected chi connectivity index (χ0v) is 12.7. The zero-order chi connectivity index (χ0) is 14.4. The van der Waals surface area contributed by atoms with E-state index in [1.54, 1.807) is 7.11 Å². The Morgan fingerprint density at radius 3 is 2.85 bits per heavy atom. The van der Waals surface area contributed by atoms with Crippen molar-refractivity contribution in [1.29, 1.82) is 0 Å². The van der Waals surface area contributed by atoms with E-state index in [1.807, 2.05) is 0 Å². The van der Waals surface area contributed by atoms with Crippen molar-refractivity contribution in [2.24, 2.45) is 5.92 Å². The SMILES string of the molecule is CCCNc1nc(OC)nc(N2CCCC(CC)C2)n1. The van der Waals surface area contributed by atoms with Crippen LogP contribution in [-0.2, 0) is 0 Å². The lowest BCUT2D eigenvalue weighted by Crippen LogP contribution is -2.36. The van der Waals surface area contributed by atoms with Gasteiger partial charge in [-0.1, -0.05) is 20.3 Å². The monoisotopic (exact) mass is 279 g/mol. The van der Waals surface area contributed by atoms with Crippen LogP contribution in [-0.4, -0.2) is 41.7 Å². The molecule has 1 fully saturated rings. The van der Waals surface area contributed by atoms with E-state index in [4.69, 9.17) is 4.74 Å². The van der Waals surface area contributed by atoms with Crippen LogP contribution < -0.4 is 15.0 Å². The minimum atomic E-state index is 0.382. The van der Waals surface area contributed by atoms with Crippen LogP contribution in [0.15, 0.2) is 0 Å². The van der Waals surface area contributed by atoms with Crippen molar-refractivity contribution in [2.45, 2.75) is 39.5 Å². The van der Waals surface area contributed by atoms with E-state index in [-0.39, 0.29) is 0 Å². The molecule has 0 amide bonds. The molecule has 112 valence electrons. The van der Waals surface area contributed by atoms with Gasteiger partial charge in [0.1, 0.15) is 0 Å². The number of aromatic nitrogens is 3. The molecule has 1 N–H and O–H groups in total. The molecule has 2 rings (SSSR count). The largest absolute Gasteiger partial charge is 0.467 e.